The lowest BCUT2D eigenvalue weighted by Crippen LogP contribution is -2.06. The van der Waals surface area contributed by atoms with Gasteiger partial charge in [0.15, 0.2) is 5.69 Å². The van der Waals surface area contributed by atoms with E-state index in [1.54, 1.807) is 6.07 Å². The number of nitrogen functional groups attached to an aromatic ring is 1. The molecule has 4 heteroatoms. The first-order valence-corrected chi connectivity index (χ1v) is 5.43. The zero-order chi connectivity index (χ0) is 12.4. The number of para-hydroxylation sites is 1. The van der Waals surface area contributed by atoms with Crippen molar-refractivity contribution in [3.8, 4) is 0 Å². The van der Waals surface area contributed by atoms with E-state index in [1.807, 2.05) is 25.1 Å². The highest BCUT2D eigenvalue weighted by Gasteiger charge is 2.12. The monoisotopic (exact) mass is 230 g/mol. The van der Waals surface area contributed by atoms with Crippen molar-refractivity contribution in [2.24, 2.45) is 0 Å². The largest absolute Gasteiger partial charge is 0.464 e. The fraction of sp³-hybridized carbons (Fsp3) is 0.231. The van der Waals surface area contributed by atoms with Crippen LogP contribution in [-0.2, 0) is 11.2 Å². The maximum Gasteiger partial charge on any atom is 0.356 e. The summed E-state index contributed by atoms with van der Waals surface area (Å²) in [6.07, 6.45) is 0.842. The lowest BCUT2D eigenvalue weighted by Gasteiger charge is -2.08. The van der Waals surface area contributed by atoms with Gasteiger partial charge in [0.25, 0.3) is 0 Å². The van der Waals surface area contributed by atoms with Crippen molar-refractivity contribution in [3.63, 3.8) is 0 Å². The normalized spacial score (nSPS) is 10.5. The topological polar surface area (TPSA) is 65.2 Å². The molecule has 0 aliphatic heterocycles. The van der Waals surface area contributed by atoms with Gasteiger partial charge in [-0.25, -0.2) is 9.78 Å². The van der Waals surface area contributed by atoms with Crippen molar-refractivity contribution >= 4 is 22.6 Å². The molecule has 0 fully saturated rings. The minimum absolute atomic E-state index is 0.249. The van der Waals surface area contributed by atoms with Gasteiger partial charge in [-0.3, -0.25) is 0 Å². The Kier molecular flexibility index (Phi) is 2.95. The van der Waals surface area contributed by atoms with Gasteiger partial charge in [-0.2, -0.15) is 0 Å². The number of hydrogen-bond donors (Lipinski definition) is 1. The number of methoxy groups -OCH3 is 1. The molecule has 0 amide bonds. The van der Waals surface area contributed by atoms with Gasteiger partial charge in [0, 0.05) is 11.1 Å². The maximum atomic E-state index is 11.5. The summed E-state index contributed by atoms with van der Waals surface area (Å²) >= 11 is 0. The molecular formula is C13H14N2O2. The van der Waals surface area contributed by atoms with Gasteiger partial charge in [0.1, 0.15) is 0 Å². The molecule has 0 saturated heterocycles. The van der Waals surface area contributed by atoms with E-state index < -0.39 is 5.97 Å². The van der Waals surface area contributed by atoms with Crippen molar-refractivity contribution in [2.75, 3.05) is 12.8 Å². The number of fused-ring (bicyclic) bond motifs is 1. The molecule has 1 aromatic carbocycles. The number of hydrogen-bond acceptors (Lipinski definition) is 4. The summed E-state index contributed by atoms with van der Waals surface area (Å²) < 4.78 is 4.66. The average Bonchev–Trinajstić information content (AvgIpc) is 2.37. The van der Waals surface area contributed by atoms with Crippen LogP contribution in [0, 0.1) is 0 Å². The Morgan fingerprint density at radius 1 is 1.47 bits per heavy atom. The van der Waals surface area contributed by atoms with Gasteiger partial charge in [0.2, 0.25) is 0 Å². The molecular weight excluding hydrogens is 216 g/mol. The third kappa shape index (κ3) is 1.93. The Hall–Kier alpha value is -2.10. The number of ether oxygens (including phenoxy) is 1. The van der Waals surface area contributed by atoms with Crippen molar-refractivity contribution in [3.05, 3.63) is 35.5 Å². The first-order valence-electron chi connectivity index (χ1n) is 5.43. The number of rotatable bonds is 2. The third-order valence-corrected chi connectivity index (χ3v) is 2.73. The Labute approximate surface area is 99.4 Å². The second-order valence-electron chi connectivity index (χ2n) is 3.76. The number of anilines is 1. The summed E-state index contributed by atoms with van der Waals surface area (Å²) in [6, 6.07) is 7.37. The molecule has 2 rings (SSSR count). The quantitative estimate of drug-likeness (QED) is 0.803. The molecule has 88 valence electrons. The molecule has 17 heavy (non-hydrogen) atoms. The van der Waals surface area contributed by atoms with E-state index in [0.717, 1.165) is 22.9 Å². The van der Waals surface area contributed by atoms with E-state index in [0.29, 0.717) is 5.69 Å². The van der Waals surface area contributed by atoms with Crippen molar-refractivity contribution in [1.82, 2.24) is 4.98 Å². The number of carbonyl (C=O) groups excluding carboxylic acids is 1. The number of aromatic nitrogens is 1. The highest BCUT2D eigenvalue weighted by atomic mass is 16.5. The molecule has 2 aromatic rings. The summed E-state index contributed by atoms with van der Waals surface area (Å²) in [7, 11) is 1.33. The number of carbonyl (C=O) groups is 1. The highest BCUT2D eigenvalue weighted by molar-refractivity contribution is 5.98. The van der Waals surface area contributed by atoms with E-state index in [4.69, 9.17) is 5.73 Å². The van der Waals surface area contributed by atoms with Crippen LogP contribution in [0.1, 0.15) is 23.0 Å². The van der Waals surface area contributed by atoms with Crippen LogP contribution in [0.15, 0.2) is 24.3 Å². The number of nitrogens with zero attached hydrogens (tertiary/aromatic N) is 1. The number of esters is 1. The van der Waals surface area contributed by atoms with Crippen LogP contribution in [0.5, 0.6) is 0 Å². The predicted molar refractivity (Wildman–Crippen MR) is 66.9 cm³/mol. The van der Waals surface area contributed by atoms with Crippen LogP contribution in [0.4, 0.5) is 5.69 Å². The molecule has 1 aromatic heterocycles. The second-order valence-corrected chi connectivity index (χ2v) is 3.76. The molecule has 0 aliphatic carbocycles. The van der Waals surface area contributed by atoms with Crippen molar-refractivity contribution in [1.29, 1.82) is 0 Å². The van der Waals surface area contributed by atoms with Gasteiger partial charge in [-0.05, 0) is 18.1 Å². The average molecular weight is 230 g/mol. The number of aryl methyl sites for hydroxylation is 1. The van der Waals surface area contributed by atoms with E-state index in [1.165, 1.54) is 7.11 Å². The molecule has 1 heterocycles. The zero-order valence-corrected chi connectivity index (χ0v) is 9.86. The van der Waals surface area contributed by atoms with Crippen LogP contribution in [0.3, 0.4) is 0 Å². The Balaban J connectivity index is 2.74. The Morgan fingerprint density at radius 3 is 2.88 bits per heavy atom. The molecule has 0 atom stereocenters. The highest BCUT2D eigenvalue weighted by Crippen LogP contribution is 2.24. The van der Waals surface area contributed by atoms with E-state index in [-0.39, 0.29) is 5.69 Å². The van der Waals surface area contributed by atoms with Crippen LogP contribution >= 0.6 is 0 Å². The van der Waals surface area contributed by atoms with Crippen LogP contribution in [-0.4, -0.2) is 18.1 Å². The summed E-state index contributed by atoms with van der Waals surface area (Å²) in [6.45, 7) is 2.04. The minimum Gasteiger partial charge on any atom is -0.464 e. The number of pyridine rings is 1. The first kappa shape index (κ1) is 11.4. The van der Waals surface area contributed by atoms with E-state index >= 15 is 0 Å². The molecule has 0 radical (unpaired) electrons. The van der Waals surface area contributed by atoms with Crippen molar-refractivity contribution in [2.45, 2.75) is 13.3 Å². The van der Waals surface area contributed by atoms with Crippen LogP contribution in [0.2, 0.25) is 0 Å². The van der Waals surface area contributed by atoms with Crippen LogP contribution in [0.25, 0.3) is 10.9 Å². The van der Waals surface area contributed by atoms with Gasteiger partial charge in [-0.1, -0.05) is 25.1 Å². The third-order valence-electron chi connectivity index (χ3n) is 2.73. The predicted octanol–water partition coefficient (Wildman–Crippen LogP) is 2.17. The molecule has 0 spiro atoms. The molecule has 2 N–H and O–H groups in total. The Bertz CT molecular complexity index is 579. The summed E-state index contributed by atoms with van der Waals surface area (Å²) in [5.41, 5.74) is 8.56. The zero-order valence-electron chi connectivity index (χ0n) is 9.86. The SMILES string of the molecule is CCc1cccc2c(N)cc(C(=O)OC)nc12. The summed E-state index contributed by atoms with van der Waals surface area (Å²) in [4.78, 5) is 15.8. The van der Waals surface area contributed by atoms with Gasteiger partial charge in [-0.15, -0.1) is 0 Å². The van der Waals surface area contributed by atoms with Gasteiger partial charge >= 0.3 is 5.97 Å². The summed E-state index contributed by atoms with van der Waals surface area (Å²) in [5, 5.41) is 0.872. The molecule has 0 bridgehead atoms. The molecule has 0 unspecified atom stereocenters. The molecule has 0 aliphatic rings. The Morgan fingerprint density at radius 2 is 2.24 bits per heavy atom. The lowest BCUT2D eigenvalue weighted by molar-refractivity contribution is 0.0594. The van der Waals surface area contributed by atoms with Gasteiger partial charge < -0.3 is 10.5 Å². The molecule has 0 saturated carbocycles. The maximum absolute atomic E-state index is 11.5. The summed E-state index contributed by atoms with van der Waals surface area (Å²) in [5.74, 6) is -0.468. The fourth-order valence-electron chi connectivity index (χ4n) is 1.83. The number of benzene rings is 1. The van der Waals surface area contributed by atoms with Crippen LogP contribution < -0.4 is 5.73 Å². The first-order chi connectivity index (χ1) is 8.17. The van der Waals surface area contributed by atoms with E-state index in [9.17, 15) is 4.79 Å². The number of nitrogens with two attached hydrogens (primary N) is 1. The second kappa shape index (κ2) is 4.41. The molecule has 4 nitrogen and oxygen atoms in total. The minimum atomic E-state index is -0.468. The van der Waals surface area contributed by atoms with E-state index in [2.05, 4.69) is 9.72 Å². The van der Waals surface area contributed by atoms with Crippen molar-refractivity contribution < 1.29 is 9.53 Å². The smallest absolute Gasteiger partial charge is 0.356 e. The lowest BCUT2D eigenvalue weighted by atomic mass is 10.1. The fourth-order valence-corrected chi connectivity index (χ4v) is 1.83. The standard InChI is InChI=1S/C13H14N2O2/c1-3-8-5-4-6-9-10(14)7-11(13(16)17-2)15-12(8)9/h4-7H,3H2,1-2H3,(H2,14,15). The van der Waals surface area contributed by atoms with Gasteiger partial charge in [0.05, 0.1) is 12.6 Å².